The van der Waals surface area contributed by atoms with Gasteiger partial charge in [0.05, 0.1) is 11.7 Å². The third-order valence-corrected chi connectivity index (χ3v) is 3.77. The molecule has 0 unspecified atom stereocenters. The summed E-state index contributed by atoms with van der Waals surface area (Å²) in [6.45, 7) is 6.42. The van der Waals surface area contributed by atoms with E-state index in [1.165, 1.54) is 17.5 Å². The number of hydrogen-bond acceptors (Lipinski definition) is 4. The number of aliphatic hydroxyl groups excluding tert-OH is 1. The van der Waals surface area contributed by atoms with Crippen LogP contribution in [0.3, 0.4) is 0 Å². The molecular weight excluding hydrogens is 250 g/mol. The Labute approximate surface area is 120 Å². The monoisotopic (exact) mass is 273 g/mol. The molecule has 20 heavy (non-hydrogen) atoms. The summed E-state index contributed by atoms with van der Waals surface area (Å²) in [5.41, 5.74) is 4.23. The van der Waals surface area contributed by atoms with Crippen molar-refractivity contribution < 1.29 is 5.11 Å². The van der Waals surface area contributed by atoms with Crippen LogP contribution in [0.25, 0.3) is 0 Å². The summed E-state index contributed by atoms with van der Waals surface area (Å²) < 4.78 is 0. The zero-order chi connectivity index (χ0) is 14.7. The number of anilines is 1. The number of pyridine rings is 1. The van der Waals surface area contributed by atoms with E-state index in [1.54, 1.807) is 6.92 Å². The number of rotatable bonds is 4. The maximum atomic E-state index is 9.48. The van der Waals surface area contributed by atoms with Gasteiger partial charge in [-0.1, -0.05) is 13.8 Å². The van der Waals surface area contributed by atoms with Crippen molar-refractivity contribution in [2.24, 2.45) is 0 Å². The van der Waals surface area contributed by atoms with Gasteiger partial charge >= 0.3 is 0 Å². The summed E-state index contributed by atoms with van der Waals surface area (Å²) in [7, 11) is 0. The van der Waals surface area contributed by atoms with Crippen molar-refractivity contribution in [1.82, 2.24) is 4.98 Å². The maximum absolute atomic E-state index is 9.48. The van der Waals surface area contributed by atoms with Crippen LogP contribution in [-0.4, -0.2) is 22.7 Å². The summed E-state index contributed by atoms with van der Waals surface area (Å²) in [6, 6.07) is 2.31. The van der Waals surface area contributed by atoms with Crippen LogP contribution >= 0.6 is 0 Å². The van der Waals surface area contributed by atoms with Crippen LogP contribution in [0, 0.1) is 11.3 Å². The molecule has 2 N–H and O–H groups in total. The van der Waals surface area contributed by atoms with Gasteiger partial charge in [-0.2, -0.15) is 5.26 Å². The molecule has 1 aliphatic rings. The molecule has 4 heteroatoms. The number of nitriles is 1. The molecule has 0 fully saturated rings. The highest BCUT2D eigenvalue weighted by Crippen LogP contribution is 2.33. The standard InChI is InChI=1S/C16H23N3O/c1-10(2)15-13-7-5-4-6-12(13)14(8-17)16(19-15)18-9-11(3)20/h10-11,20H,4-7,9H2,1-3H3,(H,18,19)/t11-/m1/s1. The topological polar surface area (TPSA) is 68.9 Å². The summed E-state index contributed by atoms with van der Waals surface area (Å²) >= 11 is 0. The minimum absolute atomic E-state index is 0.349. The summed E-state index contributed by atoms with van der Waals surface area (Å²) in [6.07, 6.45) is 3.85. The first kappa shape index (κ1) is 14.8. The molecule has 0 saturated heterocycles. The second-order valence-corrected chi connectivity index (χ2v) is 5.88. The molecule has 4 nitrogen and oxygen atoms in total. The molecule has 1 aliphatic carbocycles. The Balaban J connectivity index is 2.51. The molecule has 1 heterocycles. The molecule has 0 spiro atoms. The molecule has 0 saturated carbocycles. The van der Waals surface area contributed by atoms with E-state index in [4.69, 9.17) is 0 Å². The van der Waals surface area contributed by atoms with Crippen LogP contribution in [-0.2, 0) is 12.8 Å². The average Bonchev–Trinajstić information content (AvgIpc) is 2.43. The highest BCUT2D eigenvalue weighted by atomic mass is 16.3. The fourth-order valence-electron chi connectivity index (χ4n) is 2.82. The Bertz CT molecular complexity index is 530. The van der Waals surface area contributed by atoms with Crippen molar-refractivity contribution in [2.75, 3.05) is 11.9 Å². The lowest BCUT2D eigenvalue weighted by Crippen LogP contribution is -2.20. The van der Waals surface area contributed by atoms with Crippen LogP contribution in [0.4, 0.5) is 5.82 Å². The van der Waals surface area contributed by atoms with Gasteiger partial charge in [0, 0.05) is 12.2 Å². The van der Waals surface area contributed by atoms with Gasteiger partial charge in [0.1, 0.15) is 11.9 Å². The van der Waals surface area contributed by atoms with E-state index in [0.717, 1.165) is 25.0 Å². The zero-order valence-corrected chi connectivity index (χ0v) is 12.5. The van der Waals surface area contributed by atoms with Crippen molar-refractivity contribution >= 4 is 5.82 Å². The van der Waals surface area contributed by atoms with Crippen LogP contribution in [0.5, 0.6) is 0 Å². The van der Waals surface area contributed by atoms with E-state index < -0.39 is 6.10 Å². The fraction of sp³-hybridized carbons (Fsp3) is 0.625. The number of aromatic nitrogens is 1. The highest BCUT2D eigenvalue weighted by molar-refractivity contribution is 5.60. The average molecular weight is 273 g/mol. The van der Waals surface area contributed by atoms with Crippen molar-refractivity contribution in [1.29, 1.82) is 5.26 Å². The lowest BCUT2D eigenvalue weighted by Gasteiger charge is -2.24. The Morgan fingerprint density at radius 2 is 1.90 bits per heavy atom. The van der Waals surface area contributed by atoms with Crippen molar-refractivity contribution in [3.8, 4) is 6.07 Å². The summed E-state index contributed by atoms with van der Waals surface area (Å²) in [5.74, 6) is 0.986. The van der Waals surface area contributed by atoms with Crippen LogP contribution in [0.15, 0.2) is 0 Å². The van der Waals surface area contributed by atoms with E-state index in [0.29, 0.717) is 23.8 Å². The lowest BCUT2D eigenvalue weighted by molar-refractivity contribution is 0.208. The smallest absolute Gasteiger partial charge is 0.144 e. The van der Waals surface area contributed by atoms with Crippen LogP contribution in [0.1, 0.15) is 61.9 Å². The molecule has 0 bridgehead atoms. The maximum Gasteiger partial charge on any atom is 0.144 e. The fourth-order valence-corrected chi connectivity index (χ4v) is 2.82. The van der Waals surface area contributed by atoms with Crippen LogP contribution in [0.2, 0.25) is 0 Å². The molecule has 1 aromatic heterocycles. The normalized spacial score (nSPS) is 15.6. The summed E-state index contributed by atoms with van der Waals surface area (Å²) in [5, 5.41) is 22.0. The van der Waals surface area contributed by atoms with Gasteiger partial charge in [0.25, 0.3) is 0 Å². The Hall–Kier alpha value is -1.60. The Morgan fingerprint density at radius 1 is 1.25 bits per heavy atom. The van der Waals surface area contributed by atoms with E-state index in [9.17, 15) is 10.4 Å². The lowest BCUT2D eigenvalue weighted by atomic mass is 9.85. The minimum atomic E-state index is -0.457. The van der Waals surface area contributed by atoms with E-state index >= 15 is 0 Å². The van der Waals surface area contributed by atoms with Gasteiger partial charge < -0.3 is 10.4 Å². The SMILES string of the molecule is CC(C)c1nc(NC[C@@H](C)O)c(C#N)c2c1CCCC2. The zero-order valence-electron chi connectivity index (χ0n) is 12.5. The number of aliphatic hydroxyl groups is 1. The molecule has 0 radical (unpaired) electrons. The third-order valence-electron chi connectivity index (χ3n) is 3.77. The highest BCUT2D eigenvalue weighted by Gasteiger charge is 2.23. The van der Waals surface area contributed by atoms with Crippen molar-refractivity contribution in [3.05, 3.63) is 22.4 Å². The molecule has 1 atom stereocenters. The Morgan fingerprint density at radius 3 is 2.45 bits per heavy atom. The van der Waals surface area contributed by atoms with Gasteiger partial charge in [-0.25, -0.2) is 4.98 Å². The first-order valence-electron chi connectivity index (χ1n) is 7.42. The quantitative estimate of drug-likeness (QED) is 0.885. The molecular formula is C16H23N3O. The summed E-state index contributed by atoms with van der Waals surface area (Å²) in [4.78, 5) is 4.68. The molecule has 2 rings (SSSR count). The largest absolute Gasteiger partial charge is 0.392 e. The van der Waals surface area contributed by atoms with E-state index in [2.05, 4.69) is 30.2 Å². The number of nitrogens with one attached hydrogen (secondary N) is 1. The molecule has 1 aromatic rings. The second-order valence-electron chi connectivity index (χ2n) is 5.88. The Kier molecular flexibility index (Phi) is 4.61. The molecule has 108 valence electrons. The number of nitrogens with zero attached hydrogens (tertiary/aromatic N) is 2. The van der Waals surface area contributed by atoms with Crippen molar-refractivity contribution in [3.63, 3.8) is 0 Å². The second kappa shape index (κ2) is 6.23. The van der Waals surface area contributed by atoms with Crippen molar-refractivity contribution in [2.45, 2.75) is 58.5 Å². The van der Waals surface area contributed by atoms with Gasteiger partial charge in [-0.3, -0.25) is 0 Å². The van der Waals surface area contributed by atoms with Gasteiger partial charge in [-0.05, 0) is 49.7 Å². The van der Waals surface area contributed by atoms with Gasteiger partial charge in [0.15, 0.2) is 0 Å². The molecule has 0 aliphatic heterocycles. The number of fused-ring (bicyclic) bond motifs is 1. The van der Waals surface area contributed by atoms with Gasteiger partial charge in [-0.15, -0.1) is 0 Å². The van der Waals surface area contributed by atoms with Gasteiger partial charge in [0.2, 0.25) is 0 Å². The first-order chi connectivity index (χ1) is 9.54. The predicted molar refractivity (Wildman–Crippen MR) is 79.9 cm³/mol. The number of hydrogen-bond donors (Lipinski definition) is 2. The van der Waals surface area contributed by atoms with Crippen LogP contribution < -0.4 is 5.32 Å². The molecule has 0 aromatic carbocycles. The third kappa shape index (κ3) is 2.94. The predicted octanol–water partition coefficient (Wildman–Crippen LogP) is 2.75. The molecule has 0 amide bonds. The van der Waals surface area contributed by atoms with E-state index in [1.807, 2.05) is 0 Å². The minimum Gasteiger partial charge on any atom is -0.392 e. The first-order valence-corrected chi connectivity index (χ1v) is 7.42. The van der Waals surface area contributed by atoms with E-state index in [-0.39, 0.29) is 0 Å².